The van der Waals surface area contributed by atoms with Gasteiger partial charge < -0.3 is 10.1 Å². The number of pyridine rings is 1. The number of hydrogen-bond donors (Lipinski definition) is 1. The first-order valence-electron chi connectivity index (χ1n) is 7.95. The van der Waals surface area contributed by atoms with Crippen LogP contribution in [0.15, 0.2) is 67.3 Å². The molecule has 0 aliphatic rings. The second-order valence-electron chi connectivity index (χ2n) is 5.58. The highest BCUT2D eigenvalue weighted by molar-refractivity contribution is 5.77. The van der Waals surface area contributed by atoms with Crippen molar-refractivity contribution in [2.24, 2.45) is 0 Å². The largest absolute Gasteiger partial charge is 0.497 e. The van der Waals surface area contributed by atoms with Gasteiger partial charge in [-0.1, -0.05) is 12.1 Å². The van der Waals surface area contributed by atoms with Gasteiger partial charge in [-0.3, -0.25) is 4.98 Å². The van der Waals surface area contributed by atoms with Gasteiger partial charge in [0, 0.05) is 30.7 Å². The summed E-state index contributed by atoms with van der Waals surface area (Å²) in [5.41, 5.74) is 4.00. The van der Waals surface area contributed by atoms with Crippen molar-refractivity contribution in [2.45, 2.75) is 6.54 Å². The van der Waals surface area contributed by atoms with Gasteiger partial charge >= 0.3 is 0 Å². The summed E-state index contributed by atoms with van der Waals surface area (Å²) in [6, 6.07) is 13.8. The van der Waals surface area contributed by atoms with Gasteiger partial charge in [-0.2, -0.15) is 5.10 Å². The van der Waals surface area contributed by atoms with Gasteiger partial charge in [-0.25, -0.2) is 9.50 Å². The molecule has 3 heterocycles. The highest BCUT2D eigenvalue weighted by Crippen LogP contribution is 2.26. The Bertz CT molecular complexity index is 980. The van der Waals surface area contributed by atoms with Crippen LogP contribution in [-0.2, 0) is 6.54 Å². The van der Waals surface area contributed by atoms with Crippen LogP contribution in [0, 0.1) is 0 Å². The smallest absolute Gasteiger partial charge is 0.165 e. The maximum Gasteiger partial charge on any atom is 0.165 e. The number of anilines is 1. The van der Waals surface area contributed by atoms with E-state index in [2.05, 4.69) is 15.4 Å². The molecule has 3 aromatic heterocycles. The fraction of sp³-hybridized carbons (Fsp3) is 0.105. The number of methoxy groups -OCH3 is 1. The molecule has 25 heavy (non-hydrogen) atoms. The lowest BCUT2D eigenvalue weighted by Crippen LogP contribution is -2.02. The predicted octanol–water partition coefficient (Wildman–Crippen LogP) is 3.41. The number of hydrogen-bond acceptors (Lipinski definition) is 5. The summed E-state index contributed by atoms with van der Waals surface area (Å²) in [4.78, 5) is 8.74. The van der Waals surface area contributed by atoms with Crippen LogP contribution >= 0.6 is 0 Å². The summed E-state index contributed by atoms with van der Waals surface area (Å²) in [5.74, 6) is 1.63. The Morgan fingerprint density at radius 2 is 1.84 bits per heavy atom. The van der Waals surface area contributed by atoms with Gasteiger partial charge in [0.05, 0.1) is 13.3 Å². The molecule has 0 saturated heterocycles. The zero-order valence-electron chi connectivity index (χ0n) is 13.8. The molecule has 0 radical (unpaired) electrons. The summed E-state index contributed by atoms with van der Waals surface area (Å²) in [6.45, 7) is 0.692. The number of ether oxygens (including phenoxy) is 1. The van der Waals surface area contributed by atoms with Crippen LogP contribution in [0.4, 0.5) is 5.82 Å². The quantitative estimate of drug-likeness (QED) is 0.607. The molecule has 0 bridgehead atoms. The van der Waals surface area contributed by atoms with Crippen molar-refractivity contribution in [3.63, 3.8) is 0 Å². The van der Waals surface area contributed by atoms with E-state index in [1.54, 1.807) is 24.0 Å². The van der Waals surface area contributed by atoms with Crippen molar-refractivity contribution < 1.29 is 4.74 Å². The normalized spacial score (nSPS) is 10.8. The van der Waals surface area contributed by atoms with Crippen molar-refractivity contribution in [3.8, 4) is 16.9 Å². The van der Waals surface area contributed by atoms with Crippen molar-refractivity contribution in [3.05, 3.63) is 72.8 Å². The zero-order chi connectivity index (χ0) is 17.1. The summed E-state index contributed by atoms with van der Waals surface area (Å²) < 4.78 is 6.99. The Morgan fingerprint density at radius 3 is 2.60 bits per heavy atom. The van der Waals surface area contributed by atoms with E-state index in [0.29, 0.717) is 6.54 Å². The SMILES string of the molecule is COc1ccc(-c2cnn3ccc(NCc4ccncc4)nc23)cc1. The molecule has 0 unspecified atom stereocenters. The van der Waals surface area contributed by atoms with E-state index >= 15 is 0 Å². The average molecular weight is 331 g/mol. The first-order valence-corrected chi connectivity index (χ1v) is 7.95. The van der Waals surface area contributed by atoms with Crippen LogP contribution in [0.25, 0.3) is 16.8 Å². The monoisotopic (exact) mass is 331 g/mol. The molecule has 0 fully saturated rings. The maximum absolute atomic E-state index is 5.22. The van der Waals surface area contributed by atoms with Crippen LogP contribution in [0.5, 0.6) is 5.75 Å². The molecule has 4 aromatic rings. The zero-order valence-corrected chi connectivity index (χ0v) is 13.8. The van der Waals surface area contributed by atoms with E-state index in [1.165, 1.54) is 0 Å². The van der Waals surface area contributed by atoms with E-state index in [4.69, 9.17) is 9.72 Å². The third-order valence-corrected chi connectivity index (χ3v) is 3.99. The molecule has 0 saturated carbocycles. The number of fused-ring (bicyclic) bond motifs is 1. The predicted molar refractivity (Wildman–Crippen MR) is 96.5 cm³/mol. The lowest BCUT2D eigenvalue weighted by atomic mass is 10.1. The molecule has 6 heteroatoms. The molecule has 6 nitrogen and oxygen atoms in total. The van der Waals surface area contributed by atoms with E-state index in [0.717, 1.165) is 33.9 Å². The molecule has 124 valence electrons. The minimum atomic E-state index is 0.692. The molecule has 0 amide bonds. The minimum absolute atomic E-state index is 0.692. The third kappa shape index (κ3) is 3.14. The number of rotatable bonds is 5. The van der Waals surface area contributed by atoms with E-state index in [9.17, 15) is 0 Å². The number of aromatic nitrogens is 4. The molecule has 0 atom stereocenters. The third-order valence-electron chi connectivity index (χ3n) is 3.99. The molecule has 0 aliphatic heterocycles. The molecular weight excluding hydrogens is 314 g/mol. The van der Waals surface area contributed by atoms with Gasteiger partial charge in [-0.05, 0) is 41.5 Å². The summed E-state index contributed by atoms with van der Waals surface area (Å²) >= 11 is 0. The second-order valence-corrected chi connectivity index (χ2v) is 5.58. The van der Waals surface area contributed by atoms with Gasteiger partial charge in [0.1, 0.15) is 11.6 Å². The van der Waals surface area contributed by atoms with Crippen molar-refractivity contribution in [1.82, 2.24) is 19.6 Å². The minimum Gasteiger partial charge on any atom is -0.497 e. The van der Waals surface area contributed by atoms with Gasteiger partial charge in [0.2, 0.25) is 0 Å². The molecule has 1 aromatic carbocycles. The maximum atomic E-state index is 5.22. The van der Waals surface area contributed by atoms with Crippen LogP contribution in [-0.4, -0.2) is 26.7 Å². The van der Waals surface area contributed by atoms with Crippen molar-refractivity contribution >= 4 is 11.5 Å². The molecule has 0 spiro atoms. The summed E-state index contributed by atoms with van der Waals surface area (Å²) in [6.07, 6.45) is 7.31. The fourth-order valence-electron chi connectivity index (χ4n) is 2.63. The summed E-state index contributed by atoms with van der Waals surface area (Å²) in [5, 5.41) is 7.72. The second kappa shape index (κ2) is 6.60. The van der Waals surface area contributed by atoms with Crippen molar-refractivity contribution in [2.75, 3.05) is 12.4 Å². The lowest BCUT2D eigenvalue weighted by Gasteiger charge is -2.07. The Balaban J connectivity index is 1.62. The summed E-state index contributed by atoms with van der Waals surface area (Å²) in [7, 11) is 1.66. The first-order chi connectivity index (χ1) is 12.3. The van der Waals surface area contributed by atoms with Crippen LogP contribution in [0.2, 0.25) is 0 Å². The number of nitrogens with one attached hydrogen (secondary N) is 1. The van der Waals surface area contributed by atoms with Crippen LogP contribution < -0.4 is 10.1 Å². The van der Waals surface area contributed by atoms with Gasteiger partial charge in [-0.15, -0.1) is 0 Å². The average Bonchev–Trinajstić information content (AvgIpc) is 3.10. The standard InChI is InChI=1S/C19H17N5O/c1-25-16-4-2-15(3-5-16)17-13-22-24-11-8-18(23-19(17)24)21-12-14-6-9-20-10-7-14/h2-11,13H,12H2,1H3,(H,21,23). The topological polar surface area (TPSA) is 64.3 Å². The molecular formula is C19H17N5O. The molecule has 1 N–H and O–H groups in total. The van der Waals surface area contributed by atoms with Gasteiger partial charge in [0.15, 0.2) is 5.65 Å². The number of benzene rings is 1. The van der Waals surface area contributed by atoms with E-state index in [1.807, 2.05) is 54.9 Å². The van der Waals surface area contributed by atoms with Crippen LogP contribution in [0.1, 0.15) is 5.56 Å². The Kier molecular flexibility index (Phi) is 4.00. The Hall–Kier alpha value is -3.41. The number of nitrogens with zero attached hydrogens (tertiary/aromatic N) is 4. The Morgan fingerprint density at radius 1 is 1.04 bits per heavy atom. The first kappa shape index (κ1) is 15.1. The Labute approximate surface area is 145 Å². The highest BCUT2D eigenvalue weighted by atomic mass is 16.5. The molecule has 4 rings (SSSR count). The highest BCUT2D eigenvalue weighted by Gasteiger charge is 2.09. The lowest BCUT2D eigenvalue weighted by molar-refractivity contribution is 0.415. The van der Waals surface area contributed by atoms with E-state index < -0.39 is 0 Å². The van der Waals surface area contributed by atoms with Crippen LogP contribution in [0.3, 0.4) is 0 Å². The van der Waals surface area contributed by atoms with Gasteiger partial charge in [0.25, 0.3) is 0 Å². The molecule has 0 aliphatic carbocycles. The van der Waals surface area contributed by atoms with Crippen molar-refractivity contribution in [1.29, 1.82) is 0 Å². The van der Waals surface area contributed by atoms with E-state index in [-0.39, 0.29) is 0 Å². The fourth-order valence-corrected chi connectivity index (χ4v) is 2.63.